The Hall–Kier alpha value is -0.940. The maximum absolute atomic E-state index is 10.3. The number of thiazole rings is 1. The van der Waals surface area contributed by atoms with E-state index in [1.54, 1.807) is 11.3 Å². The van der Waals surface area contributed by atoms with Crippen molar-refractivity contribution in [2.75, 3.05) is 6.54 Å². The summed E-state index contributed by atoms with van der Waals surface area (Å²) in [6.07, 6.45) is 0.888. The Kier molecular flexibility index (Phi) is 4.71. The lowest BCUT2D eigenvalue weighted by Gasteiger charge is -2.11. The molecule has 1 unspecified atom stereocenters. The van der Waals surface area contributed by atoms with Gasteiger partial charge in [-0.1, -0.05) is 0 Å². The first-order valence-corrected chi connectivity index (χ1v) is 5.84. The fourth-order valence-corrected chi connectivity index (χ4v) is 2.21. The van der Waals surface area contributed by atoms with Crippen LogP contribution >= 0.6 is 11.3 Å². The number of aliphatic carboxylic acids is 1. The first-order valence-electron chi connectivity index (χ1n) is 4.96. The first-order chi connectivity index (χ1) is 7.11. The minimum Gasteiger partial charge on any atom is -0.481 e. The van der Waals surface area contributed by atoms with Crippen LogP contribution in [0.25, 0.3) is 0 Å². The van der Waals surface area contributed by atoms with Crippen LogP contribution in [0.2, 0.25) is 0 Å². The fourth-order valence-electron chi connectivity index (χ4n) is 1.38. The molecule has 5 heteroatoms. The zero-order valence-electron chi connectivity index (χ0n) is 8.99. The van der Waals surface area contributed by atoms with Crippen molar-refractivity contribution < 1.29 is 9.90 Å². The molecule has 0 saturated heterocycles. The van der Waals surface area contributed by atoms with E-state index in [1.165, 1.54) is 4.88 Å². The molecule has 0 aliphatic heterocycles. The molecule has 4 nitrogen and oxygen atoms in total. The number of aryl methyl sites for hydroxylation is 1. The number of hydrogen-bond donors (Lipinski definition) is 2. The number of nitrogens with one attached hydrogen (secondary N) is 1. The molecular formula is C10H16N2O2S. The van der Waals surface area contributed by atoms with Crippen LogP contribution in [-0.2, 0) is 4.79 Å². The second-order valence-corrected chi connectivity index (χ2v) is 4.36. The van der Waals surface area contributed by atoms with Crippen molar-refractivity contribution in [1.82, 2.24) is 10.3 Å². The number of carbonyl (C=O) groups is 1. The molecule has 1 heterocycles. The fraction of sp³-hybridized carbons (Fsp3) is 0.600. The van der Waals surface area contributed by atoms with Gasteiger partial charge in [-0.3, -0.25) is 4.79 Å². The summed E-state index contributed by atoms with van der Waals surface area (Å²) in [4.78, 5) is 15.7. The van der Waals surface area contributed by atoms with Crippen molar-refractivity contribution >= 4 is 17.3 Å². The molecule has 15 heavy (non-hydrogen) atoms. The summed E-state index contributed by atoms with van der Waals surface area (Å²) in [5, 5.41) is 11.8. The number of aromatic nitrogens is 1. The Morgan fingerprint density at radius 2 is 2.47 bits per heavy atom. The predicted molar refractivity (Wildman–Crippen MR) is 60.1 cm³/mol. The monoisotopic (exact) mass is 228 g/mol. The molecule has 0 radical (unpaired) electrons. The molecule has 0 amide bonds. The largest absolute Gasteiger partial charge is 0.481 e. The normalized spacial score (nSPS) is 12.7. The third-order valence-electron chi connectivity index (χ3n) is 2.19. The third-order valence-corrected chi connectivity index (χ3v) is 3.31. The van der Waals surface area contributed by atoms with E-state index in [4.69, 9.17) is 5.11 Å². The average Bonchev–Trinajstić information content (AvgIpc) is 2.58. The van der Waals surface area contributed by atoms with Crippen LogP contribution in [0.5, 0.6) is 0 Å². The lowest BCUT2D eigenvalue weighted by molar-refractivity contribution is -0.137. The van der Waals surface area contributed by atoms with Crippen LogP contribution in [0.1, 0.15) is 36.4 Å². The van der Waals surface area contributed by atoms with E-state index in [9.17, 15) is 4.79 Å². The van der Waals surface area contributed by atoms with Crippen LogP contribution in [0.4, 0.5) is 0 Å². The molecular weight excluding hydrogens is 212 g/mol. The SMILES string of the molecule is Cc1ncsc1C(C)NCCCC(=O)O. The minimum atomic E-state index is -0.738. The second-order valence-electron chi connectivity index (χ2n) is 3.48. The smallest absolute Gasteiger partial charge is 0.303 e. The van der Waals surface area contributed by atoms with E-state index in [0.29, 0.717) is 6.42 Å². The van der Waals surface area contributed by atoms with Gasteiger partial charge in [0.2, 0.25) is 0 Å². The highest BCUT2D eigenvalue weighted by Gasteiger charge is 2.09. The highest BCUT2D eigenvalue weighted by atomic mass is 32.1. The van der Waals surface area contributed by atoms with Crippen molar-refractivity contribution in [2.45, 2.75) is 32.7 Å². The highest BCUT2D eigenvalue weighted by molar-refractivity contribution is 7.09. The maximum atomic E-state index is 10.3. The summed E-state index contributed by atoms with van der Waals surface area (Å²) in [5.41, 5.74) is 2.89. The van der Waals surface area contributed by atoms with E-state index in [-0.39, 0.29) is 12.5 Å². The Bertz CT molecular complexity index is 325. The predicted octanol–water partition coefficient (Wildman–Crippen LogP) is 1.97. The molecule has 2 N–H and O–H groups in total. The van der Waals surface area contributed by atoms with Gasteiger partial charge in [-0.05, 0) is 26.8 Å². The van der Waals surface area contributed by atoms with Gasteiger partial charge in [-0.2, -0.15) is 0 Å². The van der Waals surface area contributed by atoms with Gasteiger partial charge in [-0.25, -0.2) is 4.98 Å². The Labute approximate surface area is 93.4 Å². The maximum Gasteiger partial charge on any atom is 0.303 e. The Balaban J connectivity index is 2.28. The Morgan fingerprint density at radius 3 is 3.00 bits per heavy atom. The molecule has 0 aliphatic rings. The molecule has 0 aliphatic carbocycles. The van der Waals surface area contributed by atoms with Crippen molar-refractivity contribution in [3.8, 4) is 0 Å². The minimum absolute atomic E-state index is 0.224. The summed E-state index contributed by atoms with van der Waals surface area (Å²) in [5.74, 6) is -0.738. The second kappa shape index (κ2) is 5.82. The number of carboxylic acids is 1. The van der Waals surface area contributed by atoms with Crippen LogP contribution in [0.3, 0.4) is 0 Å². The van der Waals surface area contributed by atoms with Gasteiger partial charge in [-0.15, -0.1) is 11.3 Å². The van der Waals surface area contributed by atoms with Crippen molar-refractivity contribution in [3.05, 3.63) is 16.1 Å². The van der Waals surface area contributed by atoms with Crippen LogP contribution in [0, 0.1) is 6.92 Å². The van der Waals surface area contributed by atoms with Gasteiger partial charge in [0, 0.05) is 17.3 Å². The van der Waals surface area contributed by atoms with E-state index < -0.39 is 5.97 Å². The molecule has 84 valence electrons. The number of nitrogens with zero attached hydrogens (tertiary/aromatic N) is 1. The molecule has 1 aromatic heterocycles. The molecule has 0 saturated carbocycles. The summed E-state index contributed by atoms with van der Waals surface area (Å²) < 4.78 is 0. The third kappa shape index (κ3) is 3.97. The van der Waals surface area contributed by atoms with E-state index >= 15 is 0 Å². The van der Waals surface area contributed by atoms with E-state index in [1.807, 2.05) is 12.4 Å². The van der Waals surface area contributed by atoms with Crippen molar-refractivity contribution in [2.24, 2.45) is 0 Å². The molecule has 0 spiro atoms. The summed E-state index contributed by atoms with van der Waals surface area (Å²) >= 11 is 1.63. The Morgan fingerprint density at radius 1 is 1.73 bits per heavy atom. The quantitative estimate of drug-likeness (QED) is 0.731. The molecule has 1 rings (SSSR count). The van der Waals surface area contributed by atoms with Gasteiger partial charge >= 0.3 is 5.97 Å². The number of hydrogen-bond acceptors (Lipinski definition) is 4. The zero-order valence-corrected chi connectivity index (χ0v) is 9.80. The number of rotatable bonds is 6. The highest BCUT2D eigenvalue weighted by Crippen LogP contribution is 2.20. The molecule has 0 bridgehead atoms. The van der Waals surface area contributed by atoms with Crippen molar-refractivity contribution in [3.63, 3.8) is 0 Å². The summed E-state index contributed by atoms with van der Waals surface area (Å²) in [6, 6.07) is 0.256. The number of carboxylic acid groups (broad SMARTS) is 1. The molecule has 1 aromatic rings. The van der Waals surface area contributed by atoms with Gasteiger partial charge in [0.1, 0.15) is 0 Å². The van der Waals surface area contributed by atoms with Crippen molar-refractivity contribution in [1.29, 1.82) is 0 Å². The lowest BCUT2D eigenvalue weighted by atomic mass is 10.2. The average molecular weight is 228 g/mol. The van der Waals surface area contributed by atoms with Gasteiger partial charge in [0.15, 0.2) is 0 Å². The lowest BCUT2D eigenvalue weighted by Crippen LogP contribution is -2.20. The van der Waals surface area contributed by atoms with E-state index in [0.717, 1.165) is 12.2 Å². The molecule has 0 fully saturated rings. The van der Waals surface area contributed by atoms with E-state index in [2.05, 4.69) is 17.2 Å². The summed E-state index contributed by atoms with van der Waals surface area (Å²) in [6.45, 7) is 4.79. The molecule has 0 aromatic carbocycles. The standard InChI is InChI=1S/C10H16N2O2S/c1-7(10-8(2)12-6-15-10)11-5-3-4-9(13)14/h6-7,11H,3-5H2,1-2H3,(H,13,14). The first kappa shape index (κ1) is 12.1. The van der Waals surface area contributed by atoms with Gasteiger partial charge in [0.05, 0.1) is 11.2 Å². The van der Waals surface area contributed by atoms with Gasteiger partial charge < -0.3 is 10.4 Å². The van der Waals surface area contributed by atoms with Crippen LogP contribution in [-0.4, -0.2) is 22.6 Å². The van der Waals surface area contributed by atoms with Crippen LogP contribution < -0.4 is 5.32 Å². The zero-order chi connectivity index (χ0) is 11.3. The van der Waals surface area contributed by atoms with Gasteiger partial charge in [0.25, 0.3) is 0 Å². The van der Waals surface area contributed by atoms with Crippen LogP contribution in [0.15, 0.2) is 5.51 Å². The topological polar surface area (TPSA) is 62.2 Å². The molecule has 1 atom stereocenters. The summed E-state index contributed by atoms with van der Waals surface area (Å²) in [7, 11) is 0.